The summed E-state index contributed by atoms with van der Waals surface area (Å²) < 4.78 is 54.2. The zero-order valence-corrected chi connectivity index (χ0v) is 13.6. The van der Waals surface area contributed by atoms with Crippen molar-refractivity contribution in [2.45, 2.75) is 6.18 Å². The van der Waals surface area contributed by atoms with Crippen LogP contribution in [0.25, 0.3) is 28.2 Å². The normalized spacial score (nSPS) is 11.9. The fraction of sp³-hybridized carbons (Fsp3) is 0.0556. The van der Waals surface area contributed by atoms with Crippen molar-refractivity contribution < 1.29 is 17.6 Å². The van der Waals surface area contributed by atoms with Gasteiger partial charge in [0.2, 0.25) is 0 Å². The molecule has 0 bridgehead atoms. The van der Waals surface area contributed by atoms with Gasteiger partial charge >= 0.3 is 6.18 Å². The van der Waals surface area contributed by atoms with Crippen LogP contribution in [0.5, 0.6) is 0 Å². The number of nitrogens with two attached hydrogens (primary N) is 1. The number of aromatic nitrogens is 4. The highest BCUT2D eigenvalue weighted by Crippen LogP contribution is 2.34. The van der Waals surface area contributed by atoms with E-state index in [9.17, 15) is 17.6 Å². The molecule has 0 spiro atoms. The number of hydrogen-bond donors (Lipinski definition) is 1. The van der Waals surface area contributed by atoms with Gasteiger partial charge in [0.25, 0.3) is 0 Å². The van der Waals surface area contributed by atoms with Crippen molar-refractivity contribution in [1.29, 1.82) is 0 Å². The summed E-state index contributed by atoms with van der Waals surface area (Å²) in [5.41, 5.74) is 6.22. The van der Waals surface area contributed by atoms with Crippen LogP contribution in [0.1, 0.15) is 5.56 Å². The largest absolute Gasteiger partial charge is 0.419 e. The number of pyridine rings is 1. The van der Waals surface area contributed by atoms with Gasteiger partial charge in [-0.15, -0.1) is 0 Å². The lowest BCUT2D eigenvalue weighted by atomic mass is 10.1. The third kappa shape index (κ3) is 3.07. The SMILES string of the molecule is Nc1ncc(-c2ccc3ncc(-c4cccc(F)c4)n3n2)cc1C(F)(F)F. The topological polar surface area (TPSA) is 69.1 Å². The van der Waals surface area contributed by atoms with Crippen molar-refractivity contribution in [3.63, 3.8) is 0 Å². The maximum Gasteiger partial charge on any atom is 0.419 e. The van der Waals surface area contributed by atoms with Gasteiger partial charge in [0.05, 0.1) is 23.1 Å². The van der Waals surface area contributed by atoms with Gasteiger partial charge in [0, 0.05) is 17.3 Å². The second kappa shape index (κ2) is 6.04. The Hall–Kier alpha value is -3.49. The highest BCUT2D eigenvalue weighted by atomic mass is 19.4. The van der Waals surface area contributed by atoms with E-state index >= 15 is 0 Å². The van der Waals surface area contributed by atoms with Crippen LogP contribution in [0.4, 0.5) is 23.4 Å². The maximum atomic E-state index is 13.5. The molecule has 0 saturated heterocycles. The zero-order chi connectivity index (χ0) is 19.2. The molecule has 4 aromatic rings. The molecule has 0 amide bonds. The third-order valence-electron chi connectivity index (χ3n) is 4.00. The van der Waals surface area contributed by atoms with E-state index in [1.807, 2.05) is 0 Å². The van der Waals surface area contributed by atoms with Crippen molar-refractivity contribution in [3.8, 4) is 22.5 Å². The number of halogens is 4. The fourth-order valence-electron chi connectivity index (χ4n) is 2.71. The average Bonchev–Trinajstić information content (AvgIpc) is 3.04. The van der Waals surface area contributed by atoms with Crippen LogP contribution in [-0.2, 0) is 6.18 Å². The van der Waals surface area contributed by atoms with Crippen molar-refractivity contribution in [2.75, 3.05) is 5.73 Å². The molecule has 4 rings (SSSR count). The number of nitrogen functional groups attached to an aromatic ring is 1. The van der Waals surface area contributed by atoms with Gasteiger partial charge in [-0.1, -0.05) is 12.1 Å². The molecule has 0 fully saturated rings. The molecule has 0 atom stereocenters. The Labute approximate surface area is 150 Å². The van der Waals surface area contributed by atoms with E-state index in [1.165, 1.54) is 35.1 Å². The zero-order valence-electron chi connectivity index (χ0n) is 13.6. The van der Waals surface area contributed by atoms with Gasteiger partial charge in [0.15, 0.2) is 5.65 Å². The minimum atomic E-state index is -4.63. The smallest absolute Gasteiger partial charge is 0.383 e. The van der Waals surface area contributed by atoms with Gasteiger partial charge < -0.3 is 5.73 Å². The standard InChI is InChI=1S/C18H11F4N5/c19-12-3-1-2-10(6-12)15-9-24-16-5-4-14(26-27(15)16)11-7-13(18(20,21)22)17(23)25-8-11/h1-9H,(H2,23,25). The molecule has 0 saturated carbocycles. The lowest BCUT2D eigenvalue weighted by Crippen LogP contribution is -2.10. The highest BCUT2D eigenvalue weighted by molar-refractivity contribution is 5.67. The Bertz CT molecular complexity index is 1150. The molecule has 27 heavy (non-hydrogen) atoms. The summed E-state index contributed by atoms with van der Waals surface area (Å²) in [6.45, 7) is 0. The number of rotatable bonds is 2. The van der Waals surface area contributed by atoms with Crippen molar-refractivity contribution in [3.05, 3.63) is 66.2 Å². The monoisotopic (exact) mass is 373 g/mol. The molecule has 136 valence electrons. The summed E-state index contributed by atoms with van der Waals surface area (Å²) in [5, 5.41) is 4.35. The quantitative estimate of drug-likeness (QED) is 0.535. The molecule has 0 aliphatic carbocycles. The van der Waals surface area contributed by atoms with Crippen LogP contribution in [0.15, 0.2) is 54.9 Å². The molecule has 0 aliphatic heterocycles. The molecule has 9 heteroatoms. The number of anilines is 1. The Morgan fingerprint density at radius 3 is 2.48 bits per heavy atom. The van der Waals surface area contributed by atoms with E-state index in [2.05, 4.69) is 15.1 Å². The van der Waals surface area contributed by atoms with E-state index < -0.39 is 23.4 Å². The van der Waals surface area contributed by atoms with Gasteiger partial charge in [0.1, 0.15) is 11.6 Å². The molecular formula is C18H11F4N5. The van der Waals surface area contributed by atoms with Crippen molar-refractivity contribution >= 4 is 11.5 Å². The molecule has 5 nitrogen and oxygen atoms in total. The van der Waals surface area contributed by atoms with Crippen LogP contribution >= 0.6 is 0 Å². The number of alkyl halides is 3. The van der Waals surface area contributed by atoms with Crippen LogP contribution in [0.3, 0.4) is 0 Å². The first-order valence-electron chi connectivity index (χ1n) is 7.77. The number of benzene rings is 1. The van der Waals surface area contributed by atoms with Crippen molar-refractivity contribution in [2.24, 2.45) is 0 Å². The van der Waals surface area contributed by atoms with E-state index in [0.29, 0.717) is 16.9 Å². The lowest BCUT2D eigenvalue weighted by Gasteiger charge is -2.11. The number of hydrogen-bond acceptors (Lipinski definition) is 4. The number of fused-ring (bicyclic) bond motifs is 1. The summed E-state index contributed by atoms with van der Waals surface area (Å²) in [7, 11) is 0. The molecule has 3 heterocycles. The van der Waals surface area contributed by atoms with Crippen LogP contribution < -0.4 is 5.73 Å². The lowest BCUT2D eigenvalue weighted by molar-refractivity contribution is -0.137. The average molecular weight is 373 g/mol. The van der Waals surface area contributed by atoms with Gasteiger partial charge in [-0.2, -0.15) is 18.3 Å². The molecule has 0 aliphatic rings. The maximum absolute atomic E-state index is 13.5. The van der Waals surface area contributed by atoms with Crippen LogP contribution in [0, 0.1) is 5.82 Å². The third-order valence-corrected chi connectivity index (χ3v) is 4.00. The summed E-state index contributed by atoms with van der Waals surface area (Å²) in [4.78, 5) is 7.82. The van der Waals surface area contributed by atoms with Crippen molar-refractivity contribution in [1.82, 2.24) is 19.6 Å². The van der Waals surface area contributed by atoms with E-state index in [-0.39, 0.29) is 11.3 Å². The summed E-state index contributed by atoms with van der Waals surface area (Å²) in [5.74, 6) is -1.02. The van der Waals surface area contributed by atoms with Crippen LogP contribution in [-0.4, -0.2) is 19.6 Å². The summed E-state index contributed by atoms with van der Waals surface area (Å²) >= 11 is 0. The minimum absolute atomic E-state index is 0.150. The molecular weight excluding hydrogens is 362 g/mol. The Morgan fingerprint density at radius 2 is 1.74 bits per heavy atom. The second-order valence-corrected chi connectivity index (χ2v) is 5.80. The first kappa shape index (κ1) is 17.0. The minimum Gasteiger partial charge on any atom is -0.383 e. The Balaban J connectivity index is 1.86. The van der Waals surface area contributed by atoms with Gasteiger partial charge in [-0.3, -0.25) is 0 Å². The predicted octanol–water partition coefficient (Wildman–Crippen LogP) is 4.20. The van der Waals surface area contributed by atoms with Crippen LogP contribution in [0.2, 0.25) is 0 Å². The summed E-state index contributed by atoms with van der Waals surface area (Å²) in [6.07, 6.45) is -1.89. The summed E-state index contributed by atoms with van der Waals surface area (Å²) in [6, 6.07) is 9.91. The first-order valence-corrected chi connectivity index (χ1v) is 7.77. The molecule has 3 aromatic heterocycles. The number of nitrogens with zero attached hydrogens (tertiary/aromatic N) is 4. The Morgan fingerprint density at radius 1 is 0.926 bits per heavy atom. The molecule has 2 N–H and O–H groups in total. The van der Waals surface area contributed by atoms with E-state index in [4.69, 9.17) is 5.73 Å². The fourth-order valence-corrected chi connectivity index (χ4v) is 2.71. The predicted molar refractivity (Wildman–Crippen MR) is 91.0 cm³/mol. The van der Waals surface area contributed by atoms with E-state index in [1.54, 1.807) is 18.2 Å². The highest BCUT2D eigenvalue weighted by Gasteiger charge is 2.34. The Kier molecular flexibility index (Phi) is 3.79. The number of imidazole rings is 1. The van der Waals surface area contributed by atoms with E-state index in [0.717, 1.165) is 6.07 Å². The molecule has 1 aromatic carbocycles. The molecule has 0 unspecified atom stereocenters. The van der Waals surface area contributed by atoms with Gasteiger partial charge in [-0.05, 0) is 30.3 Å². The second-order valence-electron chi connectivity index (χ2n) is 5.80. The molecule has 0 radical (unpaired) electrons. The first-order chi connectivity index (χ1) is 12.8. The van der Waals surface area contributed by atoms with Gasteiger partial charge in [-0.25, -0.2) is 18.9 Å².